The number of aryl methyl sites for hydroxylation is 1. The van der Waals surface area contributed by atoms with E-state index in [1.54, 1.807) is 0 Å². The van der Waals surface area contributed by atoms with Crippen molar-refractivity contribution in [2.24, 2.45) is 5.92 Å². The second-order valence-corrected chi connectivity index (χ2v) is 6.79. The van der Waals surface area contributed by atoms with Crippen LogP contribution in [0.3, 0.4) is 0 Å². The summed E-state index contributed by atoms with van der Waals surface area (Å²) in [6.07, 6.45) is -9.81. The predicted octanol–water partition coefficient (Wildman–Crippen LogP) is 4.57. The fourth-order valence-corrected chi connectivity index (χ4v) is 2.56. The summed E-state index contributed by atoms with van der Waals surface area (Å²) in [6, 6.07) is 5.73. The molecule has 0 fully saturated rings. The van der Waals surface area contributed by atoms with Gasteiger partial charge < -0.3 is 11.1 Å². The lowest BCUT2D eigenvalue weighted by Gasteiger charge is -2.19. The molecule has 0 saturated carbocycles. The Morgan fingerprint density at radius 3 is 2.28 bits per heavy atom. The van der Waals surface area contributed by atoms with E-state index in [1.165, 1.54) is 24.3 Å². The predicted molar refractivity (Wildman–Crippen MR) is 97.3 cm³/mol. The van der Waals surface area contributed by atoms with E-state index >= 15 is 0 Å². The van der Waals surface area contributed by atoms with Crippen LogP contribution in [-0.4, -0.2) is 28.4 Å². The fraction of sp³-hybridized carbons (Fsp3) is 0.412. The molecule has 1 heterocycles. The van der Waals surface area contributed by atoms with E-state index in [-0.39, 0.29) is 17.9 Å². The lowest BCUT2D eigenvalue weighted by Crippen LogP contribution is -2.30. The van der Waals surface area contributed by atoms with Crippen LogP contribution < -0.4 is 16.6 Å². The van der Waals surface area contributed by atoms with Gasteiger partial charge in [0.1, 0.15) is 18.1 Å². The molecule has 3 N–H and O–H groups in total. The Labute approximate surface area is 166 Å². The summed E-state index contributed by atoms with van der Waals surface area (Å²) in [5.41, 5.74) is 4.37. The van der Waals surface area contributed by atoms with Crippen molar-refractivity contribution >= 4 is 23.1 Å². The molecule has 5 nitrogen and oxygen atoms in total. The molecule has 0 spiro atoms. The summed E-state index contributed by atoms with van der Waals surface area (Å²) < 4.78 is 76.9. The van der Waals surface area contributed by atoms with Gasteiger partial charge in [-0.2, -0.15) is 26.3 Å². The number of nitrogens with zero attached hydrogens (tertiary/aromatic N) is 2. The third-order valence-electron chi connectivity index (χ3n) is 4.09. The summed E-state index contributed by atoms with van der Waals surface area (Å²) in [4.78, 5) is 16.6. The van der Waals surface area contributed by atoms with Gasteiger partial charge in [-0.25, -0.2) is 4.98 Å². The number of nitrogens with one attached hydrogen (secondary N) is 1. The van der Waals surface area contributed by atoms with Crippen molar-refractivity contribution in [3.8, 4) is 5.69 Å². The van der Waals surface area contributed by atoms with E-state index in [9.17, 15) is 31.1 Å². The topological polar surface area (TPSA) is 72.9 Å². The largest absolute Gasteiger partial charge is 0.405 e. The highest BCUT2D eigenvalue weighted by atomic mass is 35.5. The van der Waals surface area contributed by atoms with E-state index in [1.807, 2.05) is 5.32 Å². The average Bonchev–Trinajstić information content (AvgIpc) is 2.60. The molecule has 1 atom stereocenters. The normalized spacial score (nSPS) is 13.4. The van der Waals surface area contributed by atoms with Gasteiger partial charge in [-0.05, 0) is 30.7 Å². The molecule has 29 heavy (non-hydrogen) atoms. The Kier molecular flexibility index (Phi) is 6.71. The Morgan fingerprint density at radius 2 is 1.76 bits per heavy atom. The second kappa shape index (κ2) is 8.52. The Hall–Kier alpha value is -2.43. The number of nitrogen functional groups attached to an aromatic ring is 1. The van der Waals surface area contributed by atoms with Crippen LogP contribution >= 0.6 is 11.6 Å². The zero-order valence-corrected chi connectivity index (χ0v) is 15.8. The van der Waals surface area contributed by atoms with E-state index in [0.29, 0.717) is 5.02 Å². The van der Waals surface area contributed by atoms with Crippen LogP contribution in [0.4, 0.5) is 37.8 Å². The number of rotatable bonds is 6. The van der Waals surface area contributed by atoms with Gasteiger partial charge >= 0.3 is 12.4 Å². The number of anilines is 2. The van der Waals surface area contributed by atoms with Crippen molar-refractivity contribution < 1.29 is 26.3 Å². The molecule has 0 aliphatic heterocycles. The summed E-state index contributed by atoms with van der Waals surface area (Å²) >= 11 is 5.80. The van der Waals surface area contributed by atoms with Crippen LogP contribution in [0.1, 0.15) is 19.2 Å². The number of aromatic nitrogens is 2. The van der Waals surface area contributed by atoms with E-state index in [0.717, 1.165) is 11.5 Å². The molecule has 1 aromatic carbocycles. The van der Waals surface area contributed by atoms with E-state index < -0.39 is 48.3 Å². The zero-order valence-electron chi connectivity index (χ0n) is 15.0. The summed E-state index contributed by atoms with van der Waals surface area (Å²) in [5.74, 6) is -2.40. The van der Waals surface area contributed by atoms with Gasteiger partial charge in [-0.3, -0.25) is 9.36 Å². The number of nitrogens with two attached hydrogens (primary N) is 1. The Bertz CT molecular complexity index is 908. The van der Waals surface area contributed by atoms with E-state index in [2.05, 4.69) is 4.98 Å². The maximum absolute atomic E-state index is 12.8. The highest BCUT2D eigenvalue weighted by molar-refractivity contribution is 6.30. The van der Waals surface area contributed by atoms with Gasteiger partial charge in [0.25, 0.3) is 5.56 Å². The molecule has 2 rings (SSSR count). The van der Waals surface area contributed by atoms with Crippen molar-refractivity contribution in [2.45, 2.75) is 32.1 Å². The van der Waals surface area contributed by atoms with Gasteiger partial charge in [0.05, 0.1) is 11.6 Å². The molecule has 12 heteroatoms. The number of benzene rings is 1. The lowest BCUT2D eigenvalue weighted by atomic mass is 10.0. The molecular weight excluding hydrogens is 426 g/mol. The SMILES string of the molecule is CC(CCc1nc(NCC(F)(F)F)c(N)c(=O)n1-c1ccc(Cl)cc1)C(F)(F)F. The first-order chi connectivity index (χ1) is 13.3. The molecule has 0 amide bonds. The Morgan fingerprint density at radius 1 is 1.17 bits per heavy atom. The molecular formula is C17H17ClF6N4O. The minimum absolute atomic E-state index is 0.160. The molecule has 0 aliphatic carbocycles. The molecule has 0 radical (unpaired) electrons. The second-order valence-electron chi connectivity index (χ2n) is 6.36. The quantitative estimate of drug-likeness (QED) is 0.643. The van der Waals surface area contributed by atoms with Crippen molar-refractivity contribution in [3.63, 3.8) is 0 Å². The first-order valence-corrected chi connectivity index (χ1v) is 8.72. The third-order valence-corrected chi connectivity index (χ3v) is 4.34. The molecule has 1 unspecified atom stereocenters. The van der Waals surface area contributed by atoms with Crippen molar-refractivity contribution in [1.29, 1.82) is 0 Å². The highest BCUT2D eigenvalue weighted by Crippen LogP contribution is 2.29. The van der Waals surface area contributed by atoms with Crippen LogP contribution in [-0.2, 0) is 6.42 Å². The van der Waals surface area contributed by atoms with Crippen LogP contribution in [0.2, 0.25) is 5.02 Å². The number of hydrogen-bond acceptors (Lipinski definition) is 4. The van der Waals surface area contributed by atoms with Crippen LogP contribution in [0, 0.1) is 5.92 Å². The van der Waals surface area contributed by atoms with Gasteiger partial charge in [0.2, 0.25) is 0 Å². The maximum atomic E-state index is 12.8. The number of halogens is 7. The van der Waals surface area contributed by atoms with Gasteiger partial charge in [0.15, 0.2) is 5.82 Å². The molecule has 160 valence electrons. The monoisotopic (exact) mass is 442 g/mol. The van der Waals surface area contributed by atoms with Gasteiger partial charge in [0, 0.05) is 11.4 Å². The molecule has 1 aromatic heterocycles. The summed E-state index contributed by atoms with van der Waals surface area (Å²) in [6.45, 7) is -0.544. The number of alkyl halides is 6. The zero-order chi connectivity index (χ0) is 22.0. The summed E-state index contributed by atoms with van der Waals surface area (Å²) in [5, 5.41) is 2.27. The number of hydrogen-bond donors (Lipinski definition) is 2. The molecule has 0 bridgehead atoms. The van der Waals surface area contributed by atoms with Gasteiger partial charge in [-0.15, -0.1) is 0 Å². The highest BCUT2D eigenvalue weighted by Gasteiger charge is 2.35. The Balaban J connectivity index is 2.51. The minimum atomic E-state index is -4.61. The van der Waals surface area contributed by atoms with Crippen molar-refractivity contribution in [3.05, 3.63) is 45.5 Å². The summed E-state index contributed by atoms with van der Waals surface area (Å²) in [7, 11) is 0. The maximum Gasteiger partial charge on any atom is 0.405 e. The standard InChI is InChI=1S/C17H17ClF6N4O/c1-9(17(22,23)24)2-7-12-27-14(26-8-16(19,20)21)13(25)15(29)28(12)11-5-3-10(18)4-6-11/h3-6,9,26H,2,7-8,25H2,1H3. The van der Waals surface area contributed by atoms with Crippen LogP contribution in [0.15, 0.2) is 29.1 Å². The molecule has 0 saturated heterocycles. The lowest BCUT2D eigenvalue weighted by molar-refractivity contribution is -0.171. The van der Waals surface area contributed by atoms with Crippen molar-refractivity contribution in [2.75, 3.05) is 17.6 Å². The fourth-order valence-electron chi connectivity index (χ4n) is 2.43. The van der Waals surface area contributed by atoms with Crippen LogP contribution in [0.5, 0.6) is 0 Å². The first kappa shape index (κ1) is 22.9. The third kappa shape index (κ3) is 6.02. The molecule has 2 aromatic rings. The van der Waals surface area contributed by atoms with E-state index in [4.69, 9.17) is 17.3 Å². The first-order valence-electron chi connectivity index (χ1n) is 8.34. The van der Waals surface area contributed by atoms with Crippen molar-refractivity contribution in [1.82, 2.24) is 9.55 Å². The molecule has 0 aliphatic rings. The minimum Gasteiger partial charge on any atom is -0.391 e. The van der Waals surface area contributed by atoms with Crippen LogP contribution in [0.25, 0.3) is 5.69 Å². The van der Waals surface area contributed by atoms with Gasteiger partial charge in [-0.1, -0.05) is 18.5 Å². The smallest absolute Gasteiger partial charge is 0.391 e. The average molecular weight is 443 g/mol.